The average Bonchev–Trinajstić information content (AvgIpc) is 2.12. The van der Waals surface area contributed by atoms with Crippen molar-refractivity contribution in [2.45, 2.75) is 6.92 Å². The van der Waals surface area contributed by atoms with Crippen LogP contribution in [0.5, 0.6) is 0 Å². The SMILES string of the molecule is CCN1CCN(CC2COC2)CC1. The van der Waals surface area contributed by atoms with Gasteiger partial charge in [-0.1, -0.05) is 6.92 Å². The van der Waals surface area contributed by atoms with Crippen LogP contribution in [0.15, 0.2) is 0 Å². The monoisotopic (exact) mass is 184 g/mol. The lowest BCUT2D eigenvalue weighted by atomic mass is 10.1. The minimum atomic E-state index is 0.827. The molecular weight excluding hydrogens is 164 g/mol. The van der Waals surface area contributed by atoms with E-state index >= 15 is 0 Å². The molecule has 0 N–H and O–H groups in total. The summed E-state index contributed by atoms with van der Waals surface area (Å²) in [4.78, 5) is 5.10. The van der Waals surface area contributed by atoms with Crippen LogP contribution in [0.1, 0.15) is 6.92 Å². The van der Waals surface area contributed by atoms with E-state index in [0.717, 1.165) is 19.1 Å². The van der Waals surface area contributed by atoms with E-state index in [1.165, 1.54) is 39.3 Å². The van der Waals surface area contributed by atoms with Crippen molar-refractivity contribution in [3.8, 4) is 0 Å². The first kappa shape index (κ1) is 9.44. The summed E-state index contributed by atoms with van der Waals surface area (Å²) in [6.45, 7) is 11.7. The molecule has 76 valence electrons. The minimum absolute atomic E-state index is 0.827. The van der Waals surface area contributed by atoms with E-state index in [1.54, 1.807) is 0 Å². The largest absolute Gasteiger partial charge is 0.381 e. The van der Waals surface area contributed by atoms with Gasteiger partial charge in [0, 0.05) is 38.6 Å². The Morgan fingerprint density at radius 3 is 2.15 bits per heavy atom. The van der Waals surface area contributed by atoms with Crippen LogP contribution in [0.25, 0.3) is 0 Å². The van der Waals surface area contributed by atoms with E-state index in [2.05, 4.69) is 16.7 Å². The zero-order valence-corrected chi connectivity index (χ0v) is 8.54. The number of ether oxygens (including phenoxy) is 1. The molecule has 0 aromatic rings. The number of likely N-dealkylation sites (N-methyl/N-ethyl adjacent to an activating group) is 1. The molecule has 0 aliphatic carbocycles. The zero-order valence-electron chi connectivity index (χ0n) is 8.54. The molecule has 0 bridgehead atoms. The van der Waals surface area contributed by atoms with Gasteiger partial charge >= 0.3 is 0 Å². The summed E-state index contributed by atoms with van der Waals surface area (Å²) >= 11 is 0. The van der Waals surface area contributed by atoms with Crippen molar-refractivity contribution in [3.05, 3.63) is 0 Å². The Morgan fingerprint density at radius 2 is 1.69 bits per heavy atom. The van der Waals surface area contributed by atoms with E-state index in [9.17, 15) is 0 Å². The average molecular weight is 184 g/mol. The lowest BCUT2D eigenvalue weighted by Crippen LogP contribution is -2.49. The lowest BCUT2D eigenvalue weighted by Gasteiger charge is -2.38. The van der Waals surface area contributed by atoms with Gasteiger partial charge in [0.1, 0.15) is 0 Å². The molecule has 3 heteroatoms. The highest BCUT2D eigenvalue weighted by Gasteiger charge is 2.23. The molecule has 2 saturated heterocycles. The molecule has 0 spiro atoms. The predicted molar refractivity (Wildman–Crippen MR) is 52.9 cm³/mol. The fraction of sp³-hybridized carbons (Fsp3) is 1.00. The Labute approximate surface area is 80.6 Å². The van der Waals surface area contributed by atoms with Crippen LogP contribution in [-0.2, 0) is 4.74 Å². The van der Waals surface area contributed by atoms with Crippen LogP contribution in [0, 0.1) is 5.92 Å². The molecule has 0 aromatic carbocycles. The van der Waals surface area contributed by atoms with Crippen molar-refractivity contribution >= 4 is 0 Å². The Hall–Kier alpha value is -0.120. The van der Waals surface area contributed by atoms with Crippen LogP contribution >= 0.6 is 0 Å². The highest BCUT2D eigenvalue weighted by atomic mass is 16.5. The van der Waals surface area contributed by atoms with E-state index in [-0.39, 0.29) is 0 Å². The van der Waals surface area contributed by atoms with E-state index in [4.69, 9.17) is 4.74 Å². The molecule has 0 radical (unpaired) electrons. The van der Waals surface area contributed by atoms with Crippen LogP contribution in [0.3, 0.4) is 0 Å². The molecule has 0 saturated carbocycles. The van der Waals surface area contributed by atoms with Gasteiger partial charge in [0.25, 0.3) is 0 Å². The second kappa shape index (κ2) is 4.40. The number of hydrogen-bond donors (Lipinski definition) is 0. The summed E-state index contributed by atoms with van der Waals surface area (Å²) in [5.74, 6) is 0.827. The predicted octanol–water partition coefficient (Wildman–Crippen LogP) is 0.270. The first-order valence-corrected chi connectivity index (χ1v) is 5.41. The first-order chi connectivity index (χ1) is 6.38. The molecule has 2 aliphatic heterocycles. The van der Waals surface area contributed by atoms with Gasteiger partial charge in [-0.3, -0.25) is 0 Å². The van der Waals surface area contributed by atoms with Gasteiger partial charge in [-0.25, -0.2) is 0 Å². The first-order valence-electron chi connectivity index (χ1n) is 5.41. The van der Waals surface area contributed by atoms with Crippen molar-refractivity contribution in [2.24, 2.45) is 5.92 Å². The third-order valence-corrected chi connectivity index (χ3v) is 3.14. The van der Waals surface area contributed by atoms with Gasteiger partial charge in [-0.15, -0.1) is 0 Å². The molecule has 0 aromatic heterocycles. The highest BCUT2D eigenvalue weighted by Crippen LogP contribution is 2.13. The van der Waals surface area contributed by atoms with E-state index in [1.807, 2.05) is 0 Å². The molecule has 2 heterocycles. The Bertz CT molecular complexity index is 151. The third kappa shape index (κ3) is 2.42. The lowest BCUT2D eigenvalue weighted by molar-refractivity contribution is -0.0509. The van der Waals surface area contributed by atoms with Crippen molar-refractivity contribution in [3.63, 3.8) is 0 Å². The summed E-state index contributed by atoms with van der Waals surface area (Å²) in [5.41, 5.74) is 0. The number of hydrogen-bond acceptors (Lipinski definition) is 3. The summed E-state index contributed by atoms with van der Waals surface area (Å²) in [6, 6.07) is 0. The molecular formula is C10H20N2O. The number of rotatable bonds is 3. The molecule has 0 unspecified atom stereocenters. The fourth-order valence-corrected chi connectivity index (χ4v) is 2.04. The van der Waals surface area contributed by atoms with Gasteiger partial charge in [0.05, 0.1) is 13.2 Å². The smallest absolute Gasteiger partial charge is 0.0528 e. The third-order valence-electron chi connectivity index (χ3n) is 3.14. The van der Waals surface area contributed by atoms with Crippen LogP contribution in [0.2, 0.25) is 0 Å². The van der Waals surface area contributed by atoms with Crippen LogP contribution in [-0.4, -0.2) is 62.3 Å². The maximum Gasteiger partial charge on any atom is 0.0528 e. The summed E-state index contributed by atoms with van der Waals surface area (Å²) < 4.78 is 5.18. The fourth-order valence-electron chi connectivity index (χ4n) is 2.04. The highest BCUT2D eigenvalue weighted by molar-refractivity contribution is 4.76. The van der Waals surface area contributed by atoms with Gasteiger partial charge in [0.2, 0.25) is 0 Å². The standard InChI is InChI=1S/C10H20N2O/c1-2-11-3-5-12(6-4-11)7-10-8-13-9-10/h10H,2-9H2,1H3. The minimum Gasteiger partial charge on any atom is -0.381 e. The molecule has 2 rings (SSSR count). The van der Waals surface area contributed by atoms with E-state index in [0.29, 0.717) is 0 Å². The second-order valence-corrected chi connectivity index (χ2v) is 4.14. The molecule has 3 nitrogen and oxygen atoms in total. The Morgan fingerprint density at radius 1 is 1.08 bits per heavy atom. The van der Waals surface area contributed by atoms with E-state index < -0.39 is 0 Å². The normalized spacial score (nSPS) is 27.5. The summed E-state index contributed by atoms with van der Waals surface area (Å²) in [6.07, 6.45) is 0. The van der Waals surface area contributed by atoms with Crippen LogP contribution < -0.4 is 0 Å². The van der Waals surface area contributed by atoms with Crippen molar-refractivity contribution < 1.29 is 4.74 Å². The summed E-state index contributed by atoms with van der Waals surface area (Å²) in [7, 11) is 0. The number of nitrogens with zero attached hydrogens (tertiary/aromatic N) is 2. The summed E-state index contributed by atoms with van der Waals surface area (Å²) in [5, 5.41) is 0. The Kier molecular flexibility index (Phi) is 3.19. The van der Waals surface area contributed by atoms with Gasteiger partial charge in [-0.05, 0) is 6.54 Å². The quantitative estimate of drug-likeness (QED) is 0.626. The number of piperazine rings is 1. The van der Waals surface area contributed by atoms with Gasteiger partial charge in [-0.2, -0.15) is 0 Å². The van der Waals surface area contributed by atoms with Crippen molar-refractivity contribution in [1.29, 1.82) is 0 Å². The molecule has 2 fully saturated rings. The van der Waals surface area contributed by atoms with Crippen molar-refractivity contribution in [1.82, 2.24) is 9.80 Å². The molecule has 13 heavy (non-hydrogen) atoms. The Balaban J connectivity index is 1.65. The maximum atomic E-state index is 5.18. The van der Waals surface area contributed by atoms with Crippen LogP contribution in [0.4, 0.5) is 0 Å². The molecule has 0 atom stereocenters. The van der Waals surface area contributed by atoms with Gasteiger partial charge in [0.15, 0.2) is 0 Å². The topological polar surface area (TPSA) is 15.7 Å². The second-order valence-electron chi connectivity index (χ2n) is 4.14. The van der Waals surface area contributed by atoms with Gasteiger partial charge < -0.3 is 14.5 Å². The zero-order chi connectivity index (χ0) is 9.10. The maximum absolute atomic E-state index is 5.18. The molecule has 0 amide bonds. The molecule has 2 aliphatic rings. The van der Waals surface area contributed by atoms with Crippen molar-refractivity contribution in [2.75, 3.05) is 52.5 Å².